The van der Waals surface area contributed by atoms with E-state index in [1.54, 1.807) is 6.08 Å². The zero-order chi connectivity index (χ0) is 40.4. The van der Waals surface area contributed by atoms with Gasteiger partial charge in [0.25, 0.3) is 0 Å². The molecule has 13 heteroatoms. The van der Waals surface area contributed by atoms with E-state index in [2.05, 4.69) is 60.6 Å². The number of allylic oxidation sites excluding steroid dienone is 9. The van der Waals surface area contributed by atoms with Crippen LogP contribution in [-0.4, -0.2) is 97.5 Å². The number of ether oxygens (including phenoxy) is 4. The van der Waals surface area contributed by atoms with Gasteiger partial charge in [0.1, 0.15) is 30.5 Å². The molecule has 318 valence electrons. The van der Waals surface area contributed by atoms with E-state index < -0.39 is 59.8 Å². The summed E-state index contributed by atoms with van der Waals surface area (Å²) in [6.45, 7) is 3.73. The van der Waals surface area contributed by atoms with Gasteiger partial charge in [0, 0.05) is 6.61 Å². The van der Waals surface area contributed by atoms with Crippen molar-refractivity contribution < 1.29 is 56.2 Å². The molecule has 0 bridgehead atoms. The monoisotopic (exact) mass is 800 g/mol. The van der Waals surface area contributed by atoms with Gasteiger partial charge < -0.3 is 34.3 Å². The van der Waals surface area contributed by atoms with Gasteiger partial charge in [-0.1, -0.05) is 152 Å². The van der Waals surface area contributed by atoms with Crippen LogP contribution >= 0.6 is 0 Å². The first kappa shape index (κ1) is 50.8. The number of hydrogen-bond acceptors (Lipinski definition) is 11. The maximum Gasteiger partial charge on any atom is 0.397 e. The van der Waals surface area contributed by atoms with Crippen LogP contribution in [0.1, 0.15) is 136 Å². The normalized spacial score (nSPS) is 21.6. The minimum Gasteiger partial charge on any atom is -0.457 e. The fraction of sp³-hybridized carbons (Fsp3) is 0.738. The van der Waals surface area contributed by atoms with E-state index in [0.717, 1.165) is 44.9 Å². The largest absolute Gasteiger partial charge is 0.457 e. The highest BCUT2D eigenvalue weighted by Crippen LogP contribution is 2.26. The van der Waals surface area contributed by atoms with Crippen LogP contribution in [0.15, 0.2) is 60.8 Å². The van der Waals surface area contributed by atoms with E-state index in [-0.39, 0.29) is 19.6 Å². The number of carbonyl (C=O) groups excluding carboxylic acids is 1. The van der Waals surface area contributed by atoms with Crippen molar-refractivity contribution >= 4 is 16.4 Å². The molecule has 0 radical (unpaired) electrons. The number of aliphatic hydroxyl groups is 3. The molecule has 0 spiro atoms. The van der Waals surface area contributed by atoms with Gasteiger partial charge in [0.05, 0.1) is 26.2 Å². The van der Waals surface area contributed by atoms with Gasteiger partial charge in [-0.15, -0.1) is 0 Å². The number of rotatable bonds is 34. The minimum absolute atomic E-state index is 0.00448. The standard InChI is InChI=1S/C42H72O12S/c1-3-5-7-9-11-13-15-17-18-19-21-23-25-27-29-31-38(44)52-36(34-50-32-30-28-26-24-22-20-16-14-12-10-8-6-4-2)35-51-42-40(46)41(54-55(47,48)49)39(45)37(33-43)53-42/h5,7,11,13,17-18,21,23,27,29,36-37,39-43,45-46H,3-4,6,8-10,12,14-16,19-20,22,24-26,28,30-35H2,1-2H3,(H,47,48,49)/b7-5-,13-11-,18-17-,23-21-,29-27-. The minimum atomic E-state index is -5.07. The second kappa shape index (κ2) is 33.9. The van der Waals surface area contributed by atoms with Gasteiger partial charge in [-0.25, -0.2) is 4.18 Å². The van der Waals surface area contributed by atoms with Crippen LogP contribution in [0, 0.1) is 0 Å². The molecule has 1 heterocycles. The molecule has 0 aromatic heterocycles. The van der Waals surface area contributed by atoms with Crippen molar-refractivity contribution in [1.82, 2.24) is 0 Å². The second-order valence-electron chi connectivity index (χ2n) is 13.9. The Labute approximate surface area is 331 Å². The predicted octanol–water partition coefficient (Wildman–Crippen LogP) is 7.79. The number of unbranched alkanes of at least 4 members (excludes halogenated alkanes) is 12. The lowest BCUT2D eigenvalue weighted by Gasteiger charge is -2.41. The van der Waals surface area contributed by atoms with Crippen LogP contribution in [0.4, 0.5) is 0 Å². The smallest absolute Gasteiger partial charge is 0.397 e. The third-order valence-electron chi connectivity index (χ3n) is 8.94. The first-order valence-corrected chi connectivity index (χ1v) is 21.9. The molecule has 12 nitrogen and oxygen atoms in total. The molecule has 55 heavy (non-hydrogen) atoms. The average Bonchev–Trinajstić information content (AvgIpc) is 3.15. The highest BCUT2D eigenvalue weighted by Gasteiger charge is 2.48. The van der Waals surface area contributed by atoms with E-state index in [1.807, 2.05) is 12.2 Å². The summed E-state index contributed by atoms with van der Waals surface area (Å²) < 4.78 is 58.7. The fourth-order valence-electron chi connectivity index (χ4n) is 5.86. The summed E-state index contributed by atoms with van der Waals surface area (Å²) in [4.78, 5) is 12.7. The first-order chi connectivity index (χ1) is 26.6. The molecule has 6 unspecified atom stereocenters. The highest BCUT2D eigenvalue weighted by molar-refractivity contribution is 7.80. The topological polar surface area (TPSA) is 178 Å². The molecule has 6 atom stereocenters. The Bertz CT molecular complexity index is 1200. The van der Waals surface area contributed by atoms with Crippen LogP contribution in [0.3, 0.4) is 0 Å². The Morgan fingerprint density at radius 2 is 1.18 bits per heavy atom. The fourth-order valence-corrected chi connectivity index (χ4v) is 6.37. The van der Waals surface area contributed by atoms with E-state index in [1.165, 1.54) is 64.2 Å². The first-order valence-electron chi connectivity index (χ1n) is 20.5. The molecule has 0 aliphatic carbocycles. The zero-order valence-corrected chi connectivity index (χ0v) is 34.3. The van der Waals surface area contributed by atoms with Gasteiger partial charge in [-0.3, -0.25) is 9.35 Å². The second-order valence-corrected chi connectivity index (χ2v) is 14.9. The van der Waals surface area contributed by atoms with E-state index >= 15 is 0 Å². The molecular weight excluding hydrogens is 729 g/mol. The zero-order valence-electron chi connectivity index (χ0n) is 33.5. The van der Waals surface area contributed by atoms with E-state index in [4.69, 9.17) is 23.5 Å². The van der Waals surface area contributed by atoms with Crippen molar-refractivity contribution in [2.45, 2.75) is 173 Å². The summed E-state index contributed by atoms with van der Waals surface area (Å²) in [6.07, 6.45) is 31.4. The number of esters is 1. The average molecular weight is 801 g/mol. The van der Waals surface area contributed by atoms with Crippen molar-refractivity contribution in [3.05, 3.63) is 60.8 Å². The molecular formula is C42H72O12S. The molecule has 1 fully saturated rings. The summed E-state index contributed by atoms with van der Waals surface area (Å²) in [6, 6.07) is 0. The SMILES string of the molecule is CC/C=C\C/C=C\C/C=C\C/C=C\C/C=C\CC(=O)OC(COCCCCCCCCCCCCCCC)COC1OC(CO)C(O)C(OS(=O)(=O)O)C1O. The van der Waals surface area contributed by atoms with Gasteiger partial charge in [0.15, 0.2) is 6.29 Å². The summed E-state index contributed by atoms with van der Waals surface area (Å²) in [5.74, 6) is -0.527. The van der Waals surface area contributed by atoms with Crippen LogP contribution < -0.4 is 0 Å². The van der Waals surface area contributed by atoms with Crippen LogP contribution in [0.5, 0.6) is 0 Å². The van der Waals surface area contributed by atoms with E-state index in [9.17, 15) is 28.5 Å². The Morgan fingerprint density at radius 1 is 0.691 bits per heavy atom. The van der Waals surface area contributed by atoms with Crippen molar-refractivity contribution in [2.24, 2.45) is 0 Å². The highest BCUT2D eigenvalue weighted by atomic mass is 32.3. The molecule has 4 N–H and O–H groups in total. The third kappa shape index (κ3) is 27.9. The summed E-state index contributed by atoms with van der Waals surface area (Å²) in [5.41, 5.74) is 0. The van der Waals surface area contributed by atoms with Gasteiger partial charge in [0.2, 0.25) is 0 Å². The molecule has 1 rings (SSSR count). The lowest BCUT2D eigenvalue weighted by molar-refractivity contribution is -0.301. The van der Waals surface area contributed by atoms with Crippen molar-refractivity contribution in [3.63, 3.8) is 0 Å². The summed E-state index contributed by atoms with van der Waals surface area (Å²) in [7, 11) is -5.07. The Kier molecular flexibility index (Phi) is 31.3. The van der Waals surface area contributed by atoms with Crippen LogP contribution in [-0.2, 0) is 38.3 Å². The van der Waals surface area contributed by atoms with Crippen molar-refractivity contribution in [2.75, 3.05) is 26.4 Å². The molecule has 1 aliphatic heterocycles. The lowest BCUT2D eigenvalue weighted by Crippen LogP contribution is -2.60. The van der Waals surface area contributed by atoms with Gasteiger partial charge in [-0.05, 0) is 38.5 Å². The molecule has 1 saturated heterocycles. The maximum atomic E-state index is 12.7. The molecule has 1 aliphatic rings. The molecule has 0 aromatic carbocycles. The summed E-state index contributed by atoms with van der Waals surface area (Å²) in [5, 5.41) is 30.6. The Balaban J connectivity index is 2.55. The molecule has 0 amide bonds. The number of hydrogen-bond donors (Lipinski definition) is 4. The quantitative estimate of drug-likeness (QED) is 0.0215. The number of carbonyl (C=O) groups is 1. The van der Waals surface area contributed by atoms with Gasteiger partial charge >= 0.3 is 16.4 Å². The lowest BCUT2D eigenvalue weighted by atomic mass is 9.99. The van der Waals surface area contributed by atoms with Crippen LogP contribution in [0.25, 0.3) is 0 Å². The van der Waals surface area contributed by atoms with Crippen molar-refractivity contribution in [1.29, 1.82) is 0 Å². The summed E-state index contributed by atoms with van der Waals surface area (Å²) >= 11 is 0. The van der Waals surface area contributed by atoms with Crippen molar-refractivity contribution in [3.8, 4) is 0 Å². The Hall–Kier alpha value is -2.20. The van der Waals surface area contributed by atoms with Gasteiger partial charge in [-0.2, -0.15) is 8.42 Å². The maximum absolute atomic E-state index is 12.7. The Morgan fingerprint density at radius 3 is 1.67 bits per heavy atom. The molecule has 0 saturated carbocycles. The molecule has 0 aromatic rings. The van der Waals surface area contributed by atoms with Crippen LogP contribution in [0.2, 0.25) is 0 Å². The number of aliphatic hydroxyl groups excluding tert-OH is 3. The van der Waals surface area contributed by atoms with E-state index in [0.29, 0.717) is 13.0 Å². The third-order valence-corrected chi connectivity index (χ3v) is 9.40. The predicted molar refractivity (Wildman–Crippen MR) is 216 cm³/mol.